The van der Waals surface area contributed by atoms with E-state index in [4.69, 9.17) is 5.11 Å². The van der Waals surface area contributed by atoms with Gasteiger partial charge >= 0.3 is 6.09 Å². The highest BCUT2D eigenvalue weighted by Gasteiger charge is 2.00. The van der Waals surface area contributed by atoms with E-state index in [0.717, 1.165) is 11.3 Å². The lowest BCUT2D eigenvalue weighted by Crippen LogP contribution is -2.23. The van der Waals surface area contributed by atoms with Crippen LogP contribution in [0.2, 0.25) is 0 Å². The van der Waals surface area contributed by atoms with E-state index in [0.29, 0.717) is 13.0 Å². The lowest BCUT2D eigenvalue weighted by Gasteiger charge is -2.08. The average molecular weight is 194 g/mol. The lowest BCUT2D eigenvalue weighted by atomic mass is 10.1. The van der Waals surface area contributed by atoms with Gasteiger partial charge < -0.3 is 15.7 Å². The highest BCUT2D eigenvalue weighted by molar-refractivity contribution is 5.64. The van der Waals surface area contributed by atoms with Crippen LogP contribution in [0.25, 0.3) is 0 Å². The second kappa shape index (κ2) is 5.11. The Kier molecular flexibility index (Phi) is 3.79. The molecule has 14 heavy (non-hydrogen) atoms. The van der Waals surface area contributed by atoms with Gasteiger partial charge in [0.25, 0.3) is 0 Å². The molecule has 1 aromatic rings. The molecule has 3 N–H and O–H groups in total. The van der Waals surface area contributed by atoms with Crippen molar-refractivity contribution in [1.29, 1.82) is 0 Å². The molecule has 0 unspecified atom stereocenters. The smallest absolute Gasteiger partial charge is 0.404 e. The van der Waals surface area contributed by atoms with Gasteiger partial charge in [-0.2, -0.15) is 0 Å². The normalized spacial score (nSPS) is 9.50. The van der Waals surface area contributed by atoms with Gasteiger partial charge in [0.15, 0.2) is 0 Å². The maximum Gasteiger partial charge on any atom is 0.404 e. The van der Waals surface area contributed by atoms with Crippen molar-refractivity contribution in [1.82, 2.24) is 5.32 Å². The summed E-state index contributed by atoms with van der Waals surface area (Å²) in [5.41, 5.74) is 2.16. The third-order valence-corrected chi connectivity index (χ3v) is 1.96. The van der Waals surface area contributed by atoms with E-state index < -0.39 is 6.09 Å². The summed E-state index contributed by atoms with van der Waals surface area (Å²) in [6, 6.07) is 7.84. The number of carbonyl (C=O) groups is 1. The molecule has 0 spiro atoms. The molecule has 0 aliphatic carbocycles. The van der Waals surface area contributed by atoms with Gasteiger partial charge in [-0.1, -0.05) is 18.2 Å². The van der Waals surface area contributed by atoms with Crippen LogP contribution in [0.1, 0.15) is 5.56 Å². The minimum atomic E-state index is -0.980. The molecule has 0 atom stereocenters. The summed E-state index contributed by atoms with van der Waals surface area (Å²) in [6.45, 7) is 0.439. The molecule has 0 aliphatic heterocycles. The molecule has 0 heterocycles. The first kappa shape index (κ1) is 10.4. The number of para-hydroxylation sites is 1. The summed E-state index contributed by atoms with van der Waals surface area (Å²) < 4.78 is 0. The number of rotatable bonds is 4. The summed E-state index contributed by atoms with van der Waals surface area (Å²) >= 11 is 0. The Bertz CT molecular complexity index is 313. The summed E-state index contributed by atoms with van der Waals surface area (Å²) in [6.07, 6.45) is -0.282. The Balaban J connectivity index is 2.53. The van der Waals surface area contributed by atoms with Crippen LogP contribution in [-0.2, 0) is 6.42 Å². The van der Waals surface area contributed by atoms with Gasteiger partial charge in [0.1, 0.15) is 0 Å². The van der Waals surface area contributed by atoms with Gasteiger partial charge in [-0.05, 0) is 18.1 Å². The van der Waals surface area contributed by atoms with E-state index in [9.17, 15) is 4.79 Å². The van der Waals surface area contributed by atoms with Crippen molar-refractivity contribution in [3.8, 4) is 0 Å². The first-order valence-corrected chi connectivity index (χ1v) is 4.46. The zero-order valence-corrected chi connectivity index (χ0v) is 8.08. The van der Waals surface area contributed by atoms with Gasteiger partial charge in [-0.25, -0.2) is 4.79 Å². The van der Waals surface area contributed by atoms with Crippen LogP contribution in [0.5, 0.6) is 0 Å². The van der Waals surface area contributed by atoms with Crippen LogP contribution in [0.15, 0.2) is 24.3 Å². The Labute approximate surface area is 82.9 Å². The van der Waals surface area contributed by atoms with Crippen molar-refractivity contribution in [2.45, 2.75) is 6.42 Å². The molecule has 0 aliphatic rings. The minimum absolute atomic E-state index is 0.439. The van der Waals surface area contributed by atoms with Crippen LogP contribution >= 0.6 is 0 Å². The second-order valence-corrected chi connectivity index (χ2v) is 2.89. The molecular formula is C10H14N2O2. The topological polar surface area (TPSA) is 61.4 Å². The molecule has 0 bridgehead atoms. The lowest BCUT2D eigenvalue weighted by molar-refractivity contribution is 0.194. The SMILES string of the molecule is CNc1ccccc1CCNC(=O)O. The maximum absolute atomic E-state index is 10.2. The van der Waals surface area contributed by atoms with E-state index in [1.54, 1.807) is 0 Å². The molecule has 0 aromatic heterocycles. The Hall–Kier alpha value is -1.71. The van der Waals surface area contributed by atoms with Crippen LogP contribution in [0.4, 0.5) is 10.5 Å². The van der Waals surface area contributed by atoms with Crippen molar-refractivity contribution in [2.24, 2.45) is 0 Å². The fourth-order valence-corrected chi connectivity index (χ4v) is 1.29. The molecule has 0 radical (unpaired) electrons. The van der Waals surface area contributed by atoms with E-state index in [-0.39, 0.29) is 0 Å². The molecule has 0 saturated carbocycles. The van der Waals surface area contributed by atoms with Gasteiger partial charge in [-0.3, -0.25) is 0 Å². The fraction of sp³-hybridized carbons (Fsp3) is 0.300. The minimum Gasteiger partial charge on any atom is -0.465 e. The molecule has 4 heteroatoms. The third-order valence-electron chi connectivity index (χ3n) is 1.96. The molecule has 1 amide bonds. The summed E-state index contributed by atoms with van der Waals surface area (Å²) in [7, 11) is 1.85. The van der Waals surface area contributed by atoms with Crippen molar-refractivity contribution in [3.05, 3.63) is 29.8 Å². The highest BCUT2D eigenvalue weighted by Crippen LogP contribution is 2.13. The zero-order chi connectivity index (χ0) is 10.4. The number of hydrogen-bond donors (Lipinski definition) is 3. The van der Waals surface area contributed by atoms with Crippen molar-refractivity contribution in [2.75, 3.05) is 18.9 Å². The number of carboxylic acid groups (broad SMARTS) is 1. The second-order valence-electron chi connectivity index (χ2n) is 2.89. The van der Waals surface area contributed by atoms with Crippen LogP contribution < -0.4 is 10.6 Å². The first-order chi connectivity index (χ1) is 6.74. The van der Waals surface area contributed by atoms with E-state index >= 15 is 0 Å². The monoisotopic (exact) mass is 194 g/mol. The van der Waals surface area contributed by atoms with Crippen LogP contribution in [-0.4, -0.2) is 24.8 Å². The predicted octanol–water partition coefficient (Wildman–Crippen LogP) is 1.54. The number of hydrogen-bond acceptors (Lipinski definition) is 2. The van der Waals surface area contributed by atoms with E-state index in [2.05, 4.69) is 10.6 Å². The number of nitrogens with one attached hydrogen (secondary N) is 2. The van der Waals surface area contributed by atoms with Crippen LogP contribution in [0.3, 0.4) is 0 Å². The highest BCUT2D eigenvalue weighted by atomic mass is 16.4. The van der Waals surface area contributed by atoms with Crippen molar-refractivity contribution in [3.63, 3.8) is 0 Å². The Morgan fingerprint density at radius 1 is 1.43 bits per heavy atom. The number of benzene rings is 1. The van der Waals surface area contributed by atoms with Gasteiger partial charge in [0.2, 0.25) is 0 Å². The summed E-state index contributed by atoms with van der Waals surface area (Å²) in [5.74, 6) is 0. The van der Waals surface area contributed by atoms with Crippen molar-refractivity contribution >= 4 is 11.8 Å². The maximum atomic E-state index is 10.2. The van der Waals surface area contributed by atoms with Gasteiger partial charge in [0.05, 0.1) is 0 Å². The summed E-state index contributed by atoms with van der Waals surface area (Å²) in [5, 5.41) is 13.8. The van der Waals surface area contributed by atoms with Crippen LogP contribution in [0, 0.1) is 0 Å². The molecule has 4 nitrogen and oxygen atoms in total. The molecule has 0 saturated heterocycles. The Morgan fingerprint density at radius 3 is 2.79 bits per heavy atom. The fourth-order valence-electron chi connectivity index (χ4n) is 1.29. The average Bonchev–Trinajstić information content (AvgIpc) is 2.18. The molecule has 1 rings (SSSR count). The van der Waals surface area contributed by atoms with Crippen molar-refractivity contribution < 1.29 is 9.90 Å². The third kappa shape index (κ3) is 2.97. The Morgan fingerprint density at radius 2 is 2.14 bits per heavy atom. The zero-order valence-electron chi connectivity index (χ0n) is 8.08. The quantitative estimate of drug-likeness (QED) is 0.681. The van der Waals surface area contributed by atoms with Gasteiger partial charge in [-0.15, -0.1) is 0 Å². The standard InChI is InChI=1S/C10H14N2O2/c1-11-9-5-3-2-4-8(9)6-7-12-10(13)14/h2-5,11-12H,6-7H2,1H3,(H,13,14). The van der Waals surface area contributed by atoms with Gasteiger partial charge in [0, 0.05) is 19.3 Å². The van der Waals surface area contributed by atoms with E-state index in [1.165, 1.54) is 0 Å². The number of anilines is 1. The molecule has 1 aromatic carbocycles. The molecule has 76 valence electrons. The molecular weight excluding hydrogens is 180 g/mol. The molecule has 0 fully saturated rings. The number of amides is 1. The largest absolute Gasteiger partial charge is 0.465 e. The first-order valence-electron chi connectivity index (χ1n) is 4.46. The predicted molar refractivity (Wildman–Crippen MR) is 55.7 cm³/mol. The van der Waals surface area contributed by atoms with E-state index in [1.807, 2.05) is 31.3 Å². The summed E-state index contributed by atoms with van der Waals surface area (Å²) in [4.78, 5) is 10.2.